The minimum Gasteiger partial charge on any atom is -0.358 e. The fourth-order valence-corrected chi connectivity index (χ4v) is 2.98. The van der Waals surface area contributed by atoms with E-state index in [1.165, 1.54) is 22.5 Å². The largest absolute Gasteiger partial charge is 0.358 e. The number of fused-ring (bicyclic) bond motifs is 2. The highest BCUT2D eigenvalue weighted by atomic mass is 14.9. The van der Waals surface area contributed by atoms with Crippen LogP contribution in [0, 0.1) is 0 Å². The van der Waals surface area contributed by atoms with E-state index >= 15 is 0 Å². The third-order valence-electron chi connectivity index (χ3n) is 4.13. The van der Waals surface area contributed by atoms with E-state index in [9.17, 15) is 0 Å². The Morgan fingerprint density at radius 1 is 0.826 bits per heavy atom. The molecule has 23 heavy (non-hydrogen) atoms. The van der Waals surface area contributed by atoms with Gasteiger partial charge in [0, 0.05) is 35.5 Å². The van der Waals surface area contributed by atoms with E-state index in [1.807, 2.05) is 6.07 Å². The van der Waals surface area contributed by atoms with E-state index in [0.717, 1.165) is 24.2 Å². The van der Waals surface area contributed by atoms with Crippen molar-refractivity contribution in [2.24, 2.45) is 0 Å². The minimum atomic E-state index is 0.929. The maximum Gasteiger partial charge on any atom is 0.281 e. The maximum absolute atomic E-state index is 4.62. The monoisotopic (exact) mass is 298 g/mol. The van der Waals surface area contributed by atoms with Crippen molar-refractivity contribution in [1.82, 2.24) is 4.99 Å². The molecular weight excluding hydrogens is 280 g/mol. The molecule has 0 unspecified atom stereocenters. The molecule has 4 rings (SSSR count). The van der Waals surface area contributed by atoms with Crippen LogP contribution in [0.5, 0.6) is 0 Å². The van der Waals surface area contributed by atoms with E-state index in [-0.39, 0.29) is 0 Å². The first-order chi connectivity index (χ1) is 11.4. The first kappa shape index (κ1) is 13.8. The molecule has 0 spiro atoms. The molecule has 2 aromatic carbocycles. The smallest absolute Gasteiger partial charge is 0.281 e. The number of anilines is 1. The molecule has 2 heterocycles. The zero-order valence-electron chi connectivity index (χ0n) is 12.9. The summed E-state index contributed by atoms with van der Waals surface area (Å²) < 4.78 is 0. The molecule has 0 saturated carbocycles. The van der Waals surface area contributed by atoms with Gasteiger partial charge in [-0.25, -0.2) is 0 Å². The topological polar surface area (TPSA) is 26.1 Å². The number of para-hydroxylation sites is 2. The van der Waals surface area contributed by atoms with Gasteiger partial charge in [-0.2, -0.15) is 0 Å². The van der Waals surface area contributed by atoms with Crippen molar-refractivity contribution in [3.05, 3.63) is 95.7 Å². The van der Waals surface area contributed by atoms with Gasteiger partial charge in [0.1, 0.15) is 0 Å². The summed E-state index contributed by atoms with van der Waals surface area (Å²) in [5.74, 6) is 0. The molecule has 0 amide bonds. The second-order valence-electron chi connectivity index (χ2n) is 5.80. The molecule has 0 bridgehead atoms. The van der Waals surface area contributed by atoms with Gasteiger partial charge in [0.2, 0.25) is 0 Å². The second-order valence-corrected chi connectivity index (χ2v) is 5.80. The van der Waals surface area contributed by atoms with Crippen molar-refractivity contribution < 1.29 is 0 Å². The van der Waals surface area contributed by atoms with E-state index in [1.54, 1.807) is 0 Å². The minimum absolute atomic E-state index is 0.929. The van der Waals surface area contributed by atoms with Crippen molar-refractivity contribution >= 4 is 17.1 Å². The second kappa shape index (κ2) is 6.09. The predicted octanol–water partition coefficient (Wildman–Crippen LogP) is 4.32. The number of hydrogen-bond acceptors (Lipinski definition) is 2. The Morgan fingerprint density at radius 3 is 2.52 bits per heavy atom. The van der Waals surface area contributed by atoms with Crippen LogP contribution in [0.2, 0.25) is 0 Å². The fraction of sp³-hybridized carbons (Fsp3) is 0.0952. The van der Waals surface area contributed by atoms with E-state index in [0.29, 0.717) is 0 Å². The molecule has 2 nitrogen and oxygen atoms in total. The van der Waals surface area contributed by atoms with E-state index in [4.69, 9.17) is 0 Å². The Morgan fingerprint density at radius 2 is 1.65 bits per heavy atom. The van der Waals surface area contributed by atoms with E-state index in [2.05, 4.69) is 83.2 Å². The van der Waals surface area contributed by atoms with Crippen LogP contribution in [0.3, 0.4) is 0 Å². The standard InChI is InChI=1S/C21H18N2/c1(2-10-18-14-16-8-4-6-12-20(16)22-18)3-11-19-15-17-9-5-7-13-21(17)23-19/h1-13,22H,14-15H2/q+1/b2-1?,11-3+,18-10?. The lowest BCUT2D eigenvalue weighted by Gasteiger charge is -1.96. The van der Waals surface area contributed by atoms with Crippen molar-refractivity contribution in [3.8, 4) is 0 Å². The molecule has 0 saturated heterocycles. The van der Waals surface area contributed by atoms with Gasteiger partial charge in [0.15, 0.2) is 0 Å². The van der Waals surface area contributed by atoms with Gasteiger partial charge >= 0.3 is 0 Å². The van der Waals surface area contributed by atoms with Crippen LogP contribution in [0.4, 0.5) is 11.4 Å². The summed E-state index contributed by atoms with van der Waals surface area (Å²) >= 11 is 0. The number of rotatable bonds is 3. The molecule has 2 aliphatic rings. The number of nitrogens with zero attached hydrogens (tertiary/aromatic N) is 1. The summed E-state index contributed by atoms with van der Waals surface area (Å²) in [6.45, 7) is 0. The number of nitrogens with one attached hydrogen (secondary N) is 1. The fourth-order valence-electron chi connectivity index (χ4n) is 2.98. The first-order valence-electron chi connectivity index (χ1n) is 7.93. The summed E-state index contributed by atoms with van der Waals surface area (Å²) in [7, 11) is 0. The molecule has 0 fully saturated rings. The van der Waals surface area contributed by atoms with Crippen molar-refractivity contribution in [2.45, 2.75) is 12.8 Å². The highest BCUT2D eigenvalue weighted by molar-refractivity contribution is 6.00. The number of aliphatic imine (C=N–C) groups is 1. The Bertz CT molecular complexity index is 827. The van der Waals surface area contributed by atoms with Crippen molar-refractivity contribution in [1.29, 1.82) is 0 Å². The predicted molar refractivity (Wildman–Crippen MR) is 97.1 cm³/mol. The highest BCUT2D eigenvalue weighted by Gasteiger charge is 2.23. The Labute approximate surface area is 136 Å². The molecule has 1 N–H and O–H groups in total. The van der Waals surface area contributed by atoms with Gasteiger partial charge in [-0.1, -0.05) is 54.6 Å². The SMILES string of the molecule is C(=C/C=C/C1=[N+]c2ccccc2C1)C=C1Cc2ccccc2N1. The average molecular weight is 298 g/mol. The number of hydrogen-bond donors (Lipinski definition) is 1. The normalized spacial score (nSPS) is 17.6. The average Bonchev–Trinajstić information content (AvgIpc) is 3.17. The summed E-state index contributed by atoms with van der Waals surface area (Å²) in [5, 5.41) is 3.44. The third kappa shape index (κ3) is 3.02. The van der Waals surface area contributed by atoms with Gasteiger partial charge in [-0.15, -0.1) is 0 Å². The molecule has 1 radical (unpaired) electrons. The highest BCUT2D eigenvalue weighted by Crippen LogP contribution is 2.27. The van der Waals surface area contributed by atoms with Crippen molar-refractivity contribution in [2.75, 3.05) is 5.32 Å². The van der Waals surface area contributed by atoms with Gasteiger partial charge in [-0.3, -0.25) is 0 Å². The van der Waals surface area contributed by atoms with Crippen LogP contribution >= 0.6 is 0 Å². The zero-order valence-corrected chi connectivity index (χ0v) is 12.9. The first-order valence-corrected chi connectivity index (χ1v) is 7.93. The molecule has 111 valence electrons. The van der Waals surface area contributed by atoms with Crippen LogP contribution < -0.4 is 10.3 Å². The van der Waals surface area contributed by atoms with Gasteiger partial charge in [0.05, 0.1) is 11.4 Å². The van der Waals surface area contributed by atoms with Crippen LogP contribution in [0.1, 0.15) is 11.1 Å². The summed E-state index contributed by atoms with van der Waals surface area (Å²) in [6.07, 6.45) is 12.3. The zero-order chi connectivity index (χ0) is 15.5. The molecular formula is C21H18N2+. The summed E-state index contributed by atoms with van der Waals surface area (Å²) in [4.78, 5) is 4.62. The quantitative estimate of drug-likeness (QED) is 0.839. The lowest BCUT2D eigenvalue weighted by Crippen LogP contribution is -1.95. The molecule has 0 aromatic heterocycles. The molecule has 2 aliphatic heterocycles. The van der Waals surface area contributed by atoms with E-state index < -0.39 is 0 Å². The van der Waals surface area contributed by atoms with Crippen LogP contribution in [-0.2, 0) is 12.8 Å². The lowest BCUT2D eigenvalue weighted by atomic mass is 10.1. The Kier molecular flexibility index (Phi) is 3.65. The third-order valence-corrected chi connectivity index (χ3v) is 4.13. The summed E-state index contributed by atoms with van der Waals surface area (Å²) in [5.41, 5.74) is 7.36. The van der Waals surface area contributed by atoms with Crippen LogP contribution in [0.15, 0.2) is 84.6 Å². The van der Waals surface area contributed by atoms with Crippen molar-refractivity contribution in [3.63, 3.8) is 0 Å². The van der Waals surface area contributed by atoms with Gasteiger partial charge in [-0.05, 0) is 17.7 Å². The number of benzene rings is 2. The molecule has 2 heteroatoms. The Hall–Kier alpha value is -2.87. The maximum atomic E-state index is 4.62. The summed E-state index contributed by atoms with van der Waals surface area (Å²) in [6, 6.07) is 16.8. The van der Waals surface area contributed by atoms with Crippen LogP contribution in [0.25, 0.3) is 0 Å². The Balaban J connectivity index is 1.36. The van der Waals surface area contributed by atoms with Crippen LogP contribution in [-0.4, -0.2) is 5.71 Å². The lowest BCUT2D eigenvalue weighted by molar-refractivity contribution is 1.25. The molecule has 0 atom stereocenters. The molecule has 2 aromatic rings. The van der Waals surface area contributed by atoms with Gasteiger partial charge < -0.3 is 5.32 Å². The molecule has 0 aliphatic carbocycles. The van der Waals surface area contributed by atoms with Gasteiger partial charge in [0.25, 0.3) is 11.4 Å². The number of allylic oxidation sites excluding steroid dienone is 6.